The maximum absolute atomic E-state index is 10.3. The van der Waals surface area contributed by atoms with Crippen LogP contribution in [0.3, 0.4) is 0 Å². The third kappa shape index (κ3) is 3.82. The van der Waals surface area contributed by atoms with Crippen LogP contribution in [0.15, 0.2) is 72.4 Å². The van der Waals surface area contributed by atoms with Crippen LogP contribution in [0.2, 0.25) is 5.04 Å². The largest absolute Gasteiger partial charge is 0.386 e. The molecular formula is C21H28OSi. The first-order chi connectivity index (χ1) is 10.7. The van der Waals surface area contributed by atoms with Crippen LogP contribution in [0.5, 0.6) is 0 Å². The first kappa shape index (κ1) is 17.7. The average molecular weight is 325 g/mol. The van der Waals surface area contributed by atoms with E-state index in [0.29, 0.717) is 0 Å². The van der Waals surface area contributed by atoms with Crippen LogP contribution in [0.4, 0.5) is 0 Å². The zero-order valence-corrected chi connectivity index (χ0v) is 15.9. The predicted octanol–water partition coefficient (Wildman–Crippen LogP) is 3.92. The molecule has 0 saturated heterocycles. The molecule has 1 nitrogen and oxygen atoms in total. The molecule has 122 valence electrons. The fraction of sp³-hybridized carbons (Fsp3) is 0.333. The van der Waals surface area contributed by atoms with Crippen molar-refractivity contribution < 1.29 is 5.11 Å². The van der Waals surface area contributed by atoms with Gasteiger partial charge in [-0.15, -0.1) is 0 Å². The molecule has 0 bridgehead atoms. The Balaban J connectivity index is 2.78. The Morgan fingerprint density at radius 2 is 1.13 bits per heavy atom. The topological polar surface area (TPSA) is 20.2 Å². The minimum absolute atomic E-state index is 0.0808. The van der Waals surface area contributed by atoms with Crippen LogP contribution < -0.4 is 10.4 Å². The number of hydrogen-bond acceptors (Lipinski definition) is 1. The molecule has 0 aromatic heterocycles. The molecule has 0 atom stereocenters. The van der Waals surface area contributed by atoms with Gasteiger partial charge in [0, 0.05) is 0 Å². The lowest BCUT2D eigenvalue weighted by atomic mass is 10.1. The zero-order chi connectivity index (χ0) is 17.1. The van der Waals surface area contributed by atoms with Crippen LogP contribution in [-0.2, 0) is 0 Å². The van der Waals surface area contributed by atoms with Gasteiger partial charge in [0.25, 0.3) is 0 Å². The highest BCUT2D eigenvalue weighted by Crippen LogP contribution is 2.37. The summed E-state index contributed by atoms with van der Waals surface area (Å²) in [5.41, 5.74) is 1.50. The molecule has 23 heavy (non-hydrogen) atoms. The van der Waals surface area contributed by atoms with Crippen molar-refractivity contribution in [3.05, 3.63) is 72.4 Å². The van der Waals surface area contributed by atoms with E-state index in [1.54, 1.807) is 0 Å². The molecule has 1 N–H and O–H groups in total. The maximum Gasteiger partial charge on any atom is 0.146 e. The number of aliphatic hydroxyl groups is 1. The van der Waals surface area contributed by atoms with Crippen molar-refractivity contribution >= 4 is 18.4 Å². The second-order valence-corrected chi connectivity index (χ2v) is 12.4. The molecule has 0 aliphatic rings. The van der Waals surface area contributed by atoms with Crippen molar-refractivity contribution in [1.82, 2.24) is 0 Å². The van der Waals surface area contributed by atoms with Crippen molar-refractivity contribution in [2.75, 3.05) is 0 Å². The van der Waals surface area contributed by atoms with Crippen molar-refractivity contribution in [3.8, 4) is 0 Å². The minimum atomic E-state index is -2.20. The third-order valence-electron chi connectivity index (χ3n) is 4.38. The van der Waals surface area contributed by atoms with E-state index in [1.807, 2.05) is 19.9 Å². The molecule has 0 unspecified atom stereocenters. The zero-order valence-electron chi connectivity index (χ0n) is 14.9. The van der Waals surface area contributed by atoms with Crippen LogP contribution >= 0.6 is 0 Å². The second-order valence-electron chi connectivity index (χ2n) is 7.78. The van der Waals surface area contributed by atoms with Crippen LogP contribution in [0, 0.1) is 0 Å². The lowest BCUT2D eigenvalue weighted by Gasteiger charge is -2.42. The highest BCUT2D eigenvalue weighted by Gasteiger charge is 2.45. The summed E-state index contributed by atoms with van der Waals surface area (Å²) in [7, 11) is -2.20. The molecule has 0 fully saturated rings. The molecule has 2 rings (SSSR count). The molecule has 0 radical (unpaired) electrons. The van der Waals surface area contributed by atoms with Gasteiger partial charge in [-0.2, -0.15) is 0 Å². The summed E-state index contributed by atoms with van der Waals surface area (Å²) in [6.45, 7) is 10.6. The molecule has 0 saturated carbocycles. The SMILES string of the molecule is CC(C)(O)/C=C/[Si](c1ccccc1)(c1ccccc1)C(C)(C)C. The normalized spacial score (nSPS) is 13.5. The van der Waals surface area contributed by atoms with Crippen molar-refractivity contribution in [2.24, 2.45) is 0 Å². The van der Waals surface area contributed by atoms with E-state index in [4.69, 9.17) is 0 Å². The summed E-state index contributed by atoms with van der Waals surface area (Å²) in [6.07, 6.45) is 1.98. The molecule has 0 heterocycles. The third-order valence-corrected chi connectivity index (χ3v) is 9.90. The Hall–Kier alpha value is -1.64. The van der Waals surface area contributed by atoms with Gasteiger partial charge in [-0.3, -0.25) is 0 Å². The maximum atomic E-state index is 10.3. The van der Waals surface area contributed by atoms with Gasteiger partial charge in [0.05, 0.1) is 5.60 Å². The molecule has 0 amide bonds. The summed E-state index contributed by atoms with van der Waals surface area (Å²) < 4.78 is 0. The van der Waals surface area contributed by atoms with Crippen LogP contribution in [-0.4, -0.2) is 18.8 Å². The summed E-state index contributed by atoms with van der Waals surface area (Å²) in [6, 6.07) is 21.5. The van der Waals surface area contributed by atoms with E-state index < -0.39 is 13.7 Å². The van der Waals surface area contributed by atoms with Gasteiger partial charge in [0.1, 0.15) is 8.07 Å². The van der Waals surface area contributed by atoms with Gasteiger partial charge in [-0.1, -0.05) is 93.2 Å². The highest BCUT2D eigenvalue weighted by atomic mass is 28.3. The Morgan fingerprint density at radius 1 is 0.739 bits per heavy atom. The monoisotopic (exact) mass is 324 g/mol. The second kappa shape index (κ2) is 6.46. The van der Waals surface area contributed by atoms with E-state index in [1.165, 1.54) is 10.4 Å². The van der Waals surface area contributed by atoms with E-state index in [-0.39, 0.29) is 5.04 Å². The number of benzene rings is 2. The van der Waals surface area contributed by atoms with Gasteiger partial charge in [-0.25, -0.2) is 0 Å². The summed E-state index contributed by atoms with van der Waals surface area (Å²) in [5.74, 6) is 0. The van der Waals surface area contributed by atoms with E-state index >= 15 is 0 Å². The Bertz CT molecular complexity index is 606. The Morgan fingerprint density at radius 3 is 1.43 bits per heavy atom. The summed E-state index contributed by atoms with van der Waals surface area (Å²) in [5, 5.41) is 13.1. The van der Waals surface area contributed by atoms with Crippen molar-refractivity contribution in [1.29, 1.82) is 0 Å². The highest BCUT2D eigenvalue weighted by molar-refractivity contribution is 7.07. The average Bonchev–Trinajstić information content (AvgIpc) is 2.47. The standard InChI is InChI=1S/C21H28OSi/c1-20(2,3)23(17-16-21(4,5)22,18-12-8-6-9-13-18)19-14-10-7-11-15-19/h6-17,22H,1-5H3/b17-16+. The lowest BCUT2D eigenvalue weighted by Crippen LogP contribution is -2.63. The van der Waals surface area contributed by atoms with Gasteiger partial charge in [0.2, 0.25) is 0 Å². The number of hydrogen-bond donors (Lipinski definition) is 1. The molecule has 0 aliphatic heterocycles. The Labute approximate surface area is 141 Å². The molecular weight excluding hydrogens is 296 g/mol. The van der Waals surface area contributed by atoms with Gasteiger partial charge >= 0.3 is 0 Å². The molecule has 2 aromatic carbocycles. The molecule has 0 aliphatic carbocycles. The van der Waals surface area contributed by atoms with Gasteiger partial charge < -0.3 is 5.11 Å². The first-order valence-electron chi connectivity index (χ1n) is 8.21. The predicted molar refractivity (Wildman–Crippen MR) is 103 cm³/mol. The fourth-order valence-corrected chi connectivity index (χ4v) is 8.25. The van der Waals surface area contributed by atoms with E-state index in [9.17, 15) is 5.11 Å². The lowest BCUT2D eigenvalue weighted by molar-refractivity contribution is 0.133. The number of rotatable bonds is 4. The van der Waals surface area contributed by atoms with Crippen molar-refractivity contribution in [2.45, 2.75) is 45.3 Å². The Kier molecular flexibility index (Phi) is 4.97. The van der Waals surface area contributed by atoms with Gasteiger partial charge in [-0.05, 0) is 29.3 Å². The quantitative estimate of drug-likeness (QED) is 0.845. The molecule has 0 spiro atoms. The van der Waals surface area contributed by atoms with Crippen LogP contribution in [0.1, 0.15) is 34.6 Å². The van der Waals surface area contributed by atoms with Crippen LogP contribution in [0.25, 0.3) is 0 Å². The van der Waals surface area contributed by atoms with E-state index in [0.717, 1.165) is 0 Å². The minimum Gasteiger partial charge on any atom is -0.386 e. The van der Waals surface area contributed by atoms with E-state index in [2.05, 4.69) is 87.1 Å². The smallest absolute Gasteiger partial charge is 0.146 e. The molecule has 2 aromatic rings. The summed E-state index contributed by atoms with van der Waals surface area (Å²) >= 11 is 0. The molecule has 2 heteroatoms. The van der Waals surface area contributed by atoms with Crippen molar-refractivity contribution in [3.63, 3.8) is 0 Å². The van der Waals surface area contributed by atoms with Gasteiger partial charge in [0.15, 0.2) is 0 Å². The fourth-order valence-electron chi connectivity index (χ4n) is 3.21. The first-order valence-corrected chi connectivity index (χ1v) is 10.3. The summed E-state index contributed by atoms with van der Waals surface area (Å²) in [4.78, 5) is 0.